The molecule has 0 aliphatic heterocycles. The second-order valence-corrected chi connectivity index (χ2v) is 17.7. The van der Waals surface area contributed by atoms with Crippen LogP contribution in [0.1, 0.15) is 38.9 Å². The molecular weight excluding hydrogens is 833 g/mol. The lowest BCUT2D eigenvalue weighted by molar-refractivity contribution is 1.28. The number of benzene rings is 10. The minimum absolute atomic E-state index is 1.08. The summed E-state index contributed by atoms with van der Waals surface area (Å²) in [6.45, 7) is 6.44. The van der Waals surface area contributed by atoms with Crippen LogP contribution in [0.5, 0.6) is 0 Å². The SMILES string of the molecule is Cc1ccc(C=Cc2ccc(N(c3ccccc3)c3ccc(-c4ccccc4-c4cc(N(c5ccccc5)c5ccc(C=Cc6ccc(C)cc6)cc5)ccc4-c4ccccc4C)cc3)cc2)cc1. The molecule has 0 aliphatic rings. The number of hydrogen-bond acceptors (Lipinski definition) is 2. The van der Waals surface area contributed by atoms with E-state index in [9.17, 15) is 0 Å². The first-order chi connectivity index (χ1) is 33.9. The van der Waals surface area contributed by atoms with E-state index in [1.165, 1.54) is 55.6 Å². The van der Waals surface area contributed by atoms with Crippen LogP contribution in [0.2, 0.25) is 0 Å². The van der Waals surface area contributed by atoms with E-state index in [1.807, 2.05) is 0 Å². The standard InChI is InChI=1S/C67H54N2/c1-49-22-26-52(27-23-49)30-32-54-34-40-59(41-35-54)68(57-15-6-4-7-16-57)61-44-38-56(39-45-61)64-20-12-13-21-65(64)67-48-62(46-47-66(67)63-19-11-10-14-51(63)3)69(58-17-8-5-9-18-58)60-42-36-55(37-43-60)33-31-53-28-24-50(2)25-29-53/h4-48H,1-3H3. The maximum absolute atomic E-state index is 2.38. The zero-order valence-corrected chi connectivity index (χ0v) is 39.4. The lowest BCUT2D eigenvalue weighted by Gasteiger charge is -2.27. The van der Waals surface area contributed by atoms with Crippen molar-refractivity contribution < 1.29 is 0 Å². The molecule has 0 aliphatic carbocycles. The van der Waals surface area contributed by atoms with Gasteiger partial charge < -0.3 is 9.80 Å². The van der Waals surface area contributed by atoms with E-state index in [4.69, 9.17) is 0 Å². The van der Waals surface area contributed by atoms with Crippen molar-refractivity contribution in [2.24, 2.45) is 0 Å². The zero-order valence-electron chi connectivity index (χ0n) is 39.4. The van der Waals surface area contributed by atoms with Crippen LogP contribution in [0.4, 0.5) is 34.1 Å². The van der Waals surface area contributed by atoms with Crippen LogP contribution in [0.15, 0.2) is 249 Å². The molecule has 332 valence electrons. The number of hydrogen-bond donors (Lipinski definition) is 0. The van der Waals surface area contributed by atoms with Crippen LogP contribution in [-0.2, 0) is 0 Å². The Bertz CT molecular complexity index is 3350. The van der Waals surface area contributed by atoms with Crippen molar-refractivity contribution in [2.75, 3.05) is 9.80 Å². The van der Waals surface area contributed by atoms with Crippen molar-refractivity contribution in [3.63, 3.8) is 0 Å². The molecule has 10 aromatic rings. The third-order valence-corrected chi connectivity index (χ3v) is 12.8. The third kappa shape index (κ3) is 10.2. The summed E-state index contributed by atoms with van der Waals surface area (Å²) < 4.78 is 0. The average molecular weight is 887 g/mol. The predicted octanol–water partition coefficient (Wildman–Crippen LogP) is 18.9. The Morgan fingerprint density at radius 1 is 0.246 bits per heavy atom. The Balaban J connectivity index is 1.02. The van der Waals surface area contributed by atoms with E-state index in [-0.39, 0.29) is 0 Å². The van der Waals surface area contributed by atoms with Crippen molar-refractivity contribution in [2.45, 2.75) is 20.8 Å². The summed E-state index contributed by atoms with van der Waals surface area (Å²) >= 11 is 0. The molecule has 2 nitrogen and oxygen atoms in total. The average Bonchev–Trinajstić information content (AvgIpc) is 3.40. The van der Waals surface area contributed by atoms with E-state index in [0.29, 0.717) is 0 Å². The largest absolute Gasteiger partial charge is 0.311 e. The van der Waals surface area contributed by atoms with Gasteiger partial charge in [0.2, 0.25) is 0 Å². The van der Waals surface area contributed by atoms with Crippen LogP contribution in [0.25, 0.3) is 57.7 Å². The minimum atomic E-state index is 1.08. The zero-order chi connectivity index (χ0) is 46.9. The molecule has 0 fully saturated rings. The van der Waals surface area contributed by atoms with Gasteiger partial charge in [0, 0.05) is 34.1 Å². The second kappa shape index (κ2) is 20.4. The molecule has 0 spiro atoms. The maximum atomic E-state index is 2.38. The quantitative estimate of drug-likeness (QED) is 0.106. The number of nitrogens with zero attached hydrogens (tertiary/aromatic N) is 2. The van der Waals surface area contributed by atoms with Gasteiger partial charge in [0.1, 0.15) is 0 Å². The first-order valence-electron chi connectivity index (χ1n) is 23.7. The highest BCUT2D eigenvalue weighted by Crippen LogP contribution is 2.45. The highest BCUT2D eigenvalue weighted by atomic mass is 15.1. The molecule has 0 saturated heterocycles. The highest BCUT2D eigenvalue weighted by molar-refractivity contribution is 5.95. The van der Waals surface area contributed by atoms with Crippen molar-refractivity contribution in [1.82, 2.24) is 0 Å². The van der Waals surface area contributed by atoms with Gasteiger partial charge in [0.05, 0.1) is 0 Å². The van der Waals surface area contributed by atoms with E-state index >= 15 is 0 Å². The monoisotopic (exact) mass is 886 g/mol. The Hall–Kier alpha value is -8.72. The lowest BCUT2D eigenvalue weighted by Crippen LogP contribution is -2.10. The van der Waals surface area contributed by atoms with E-state index in [1.54, 1.807) is 0 Å². The van der Waals surface area contributed by atoms with Crippen LogP contribution in [0, 0.1) is 20.8 Å². The van der Waals surface area contributed by atoms with Gasteiger partial charge in [-0.25, -0.2) is 0 Å². The first kappa shape index (κ1) is 44.1. The summed E-state index contributed by atoms with van der Waals surface area (Å²) in [5.74, 6) is 0. The minimum Gasteiger partial charge on any atom is -0.311 e. The van der Waals surface area contributed by atoms with Gasteiger partial charge in [-0.1, -0.05) is 211 Å². The van der Waals surface area contributed by atoms with Crippen molar-refractivity contribution in [3.05, 3.63) is 288 Å². The van der Waals surface area contributed by atoms with E-state index in [0.717, 1.165) is 50.8 Å². The van der Waals surface area contributed by atoms with Gasteiger partial charge >= 0.3 is 0 Å². The molecular formula is C67H54N2. The summed E-state index contributed by atoms with van der Waals surface area (Å²) in [7, 11) is 0. The fourth-order valence-corrected chi connectivity index (χ4v) is 9.02. The van der Waals surface area contributed by atoms with Crippen LogP contribution in [-0.4, -0.2) is 0 Å². The Morgan fingerprint density at radius 3 is 1.04 bits per heavy atom. The number of aryl methyl sites for hydroxylation is 3. The molecule has 0 N–H and O–H groups in total. The molecule has 0 bridgehead atoms. The van der Waals surface area contributed by atoms with Gasteiger partial charge in [-0.05, 0) is 155 Å². The van der Waals surface area contributed by atoms with Gasteiger partial charge in [-0.15, -0.1) is 0 Å². The van der Waals surface area contributed by atoms with Gasteiger partial charge in [0.15, 0.2) is 0 Å². The summed E-state index contributed by atoms with van der Waals surface area (Å²) in [4.78, 5) is 4.69. The van der Waals surface area contributed by atoms with Crippen molar-refractivity contribution in [1.29, 1.82) is 0 Å². The summed E-state index contributed by atoms with van der Waals surface area (Å²) in [5.41, 5.74) is 22.0. The molecule has 0 heterocycles. The summed E-state index contributed by atoms with van der Waals surface area (Å²) in [6, 6.07) is 89.8. The molecule has 10 aromatic carbocycles. The first-order valence-corrected chi connectivity index (χ1v) is 23.7. The number of rotatable bonds is 13. The molecule has 69 heavy (non-hydrogen) atoms. The van der Waals surface area contributed by atoms with Crippen LogP contribution >= 0.6 is 0 Å². The van der Waals surface area contributed by atoms with Crippen LogP contribution < -0.4 is 9.80 Å². The van der Waals surface area contributed by atoms with Crippen LogP contribution in [0.3, 0.4) is 0 Å². The molecule has 10 rings (SSSR count). The molecule has 0 amide bonds. The Kier molecular flexibility index (Phi) is 13.1. The van der Waals surface area contributed by atoms with Crippen molar-refractivity contribution >= 4 is 58.4 Å². The number of anilines is 6. The summed E-state index contributed by atoms with van der Waals surface area (Å²) in [6.07, 6.45) is 8.71. The van der Waals surface area contributed by atoms with E-state index < -0.39 is 0 Å². The molecule has 2 heteroatoms. The molecule has 0 unspecified atom stereocenters. The normalized spacial score (nSPS) is 11.3. The van der Waals surface area contributed by atoms with E-state index in [2.05, 4.69) is 304 Å². The van der Waals surface area contributed by atoms with Gasteiger partial charge in [-0.3, -0.25) is 0 Å². The highest BCUT2D eigenvalue weighted by Gasteiger charge is 2.20. The molecule has 0 atom stereocenters. The molecule has 0 aromatic heterocycles. The Morgan fingerprint density at radius 2 is 0.580 bits per heavy atom. The maximum Gasteiger partial charge on any atom is 0.0468 e. The lowest BCUT2D eigenvalue weighted by atomic mass is 9.87. The topological polar surface area (TPSA) is 6.48 Å². The third-order valence-electron chi connectivity index (χ3n) is 12.8. The van der Waals surface area contributed by atoms with Gasteiger partial charge in [0.25, 0.3) is 0 Å². The molecule has 0 saturated carbocycles. The number of para-hydroxylation sites is 2. The fourth-order valence-electron chi connectivity index (χ4n) is 9.02. The summed E-state index contributed by atoms with van der Waals surface area (Å²) in [5, 5.41) is 0. The van der Waals surface area contributed by atoms with Crippen molar-refractivity contribution in [3.8, 4) is 33.4 Å². The van der Waals surface area contributed by atoms with Gasteiger partial charge in [-0.2, -0.15) is 0 Å². The fraction of sp³-hybridized carbons (Fsp3) is 0.0448. The Labute approximate surface area is 408 Å². The smallest absolute Gasteiger partial charge is 0.0468 e. The molecule has 0 radical (unpaired) electrons. The predicted molar refractivity (Wildman–Crippen MR) is 297 cm³/mol. The second-order valence-electron chi connectivity index (χ2n) is 17.7.